The van der Waals surface area contributed by atoms with Gasteiger partial charge in [0.1, 0.15) is 0 Å². The molecule has 0 aliphatic heterocycles. The molecule has 3 heteroatoms. The summed E-state index contributed by atoms with van der Waals surface area (Å²) < 4.78 is 4.72. The summed E-state index contributed by atoms with van der Waals surface area (Å²) >= 11 is 5.59. The maximum absolute atomic E-state index is 11.1. The van der Waals surface area contributed by atoms with E-state index in [2.05, 4.69) is 6.92 Å². The van der Waals surface area contributed by atoms with E-state index in [1.165, 1.54) is 0 Å². The van der Waals surface area contributed by atoms with E-state index >= 15 is 0 Å². The fourth-order valence-electron chi connectivity index (χ4n) is 0.906. The molecule has 69 valence electrons. The van der Waals surface area contributed by atoms with Gasteiger partial charge >= 0.3 is 5.97 Å². The number of benzene rings is 1. The molecule has 0 saturated carbocycles. The number of hydrogen-bond donors (Lipinski definition) is 0. The topological polar surface area (TPSA) is 26.3 Å². The molecule has 0 bridgehead atoms. The third kappa shape index (κ3) is 2.74. The first-order chi connectivity index (χ1) is 6.27. The lowest BCUT2D eigenvalue weighted by atomic mass is 10.1. The highest BCUT2D eigenvalue weighted by atomic mass is 35.5. The Morgan fingerprint density at radius 2 is 2.00 bits per heavy atom. The zero-order chi connectivity index (χ0) is 9.68. The van der Waals surface area contributed by atoms with Crippen LogP contribution in [0.15, 0.2) is 24.3 Å². The molecule has 0 heterocycles. The van der Waals surface area contributed by atoms with E-state index < -0.39 is 0 Å². The molecule has 1 aromatic rings. The van der Waals surface area contributed by atoms with Gasteiger partial charge in [0.2, 0.25) is 0 Å². The Bertz CT molecular complexity index is 279. The number of rotatable bonds is 3. The summed E-state index contributed by atoms with van der Waals surface area (Å²) in [7, 11) is 0. The Morgan fingerprint density at radius 1 is 1.38 bits per heavy atom. The van der Waals surface area contributed by atoms with Crippen molar-refractivity contribution >= 4 is 17.6 Å². The zero-order valence-corrected chi connectivity index (χ0v) is 7.88. The first kappa shape index (κ1) is 10.1. The molecule has 0 N–H and O–H groups in total. The second-order valence-corrected chi connectivity index (χ2v) is 2.73. The Morgan fingerprint density at radius 3 is 2.46 bits per heavy atom. The van der Waals surface area contributed by atoms with Crippen molar-refractivity contribution in [2.75, 3.05) is 6.61 Å². The smallest absolute Gasteiger partial charge is 0.338 e. The van der Waals surface area contributed by atoms with E-state index in [4.69, 9.17) is 16.3 Å². The first-order valence-corrected chi connectivity index (χ1v) is 4.42. The second kappa shape index (κ2) is 4.87. The van der Waals surface area contributed by atoms with Gasteiger partial charge in [0.05, 0.1) is 12.2 Å². The van der Waals surface area contributed by atoms with E-state index in [9.17, 15) is 4.79 Å². The Balaban J connectivity index is 2.74. The molecule has 0 atom stereocenters. The van der Waals surface area contributed by atoms with Crippen molar-refractivity contribution < 1.29 is 9.53 Å². The van der Waals surface area contributed by atoms with Crippen molar-refractivity contribution in [1.82, 2.24) is 0 Å². The fourth-order valence-corrected chi connectivity index (χ4v) is 1.08. The van der Waals surface area contributed by atoms with Crippen LogP contribution in [0.5, 0.6) is 0 Å². The fraction of sp³-hybridized carbons (Fsp3) is 0.200. The third-order valence-electron chi connectivity index (χ3n) is 1.58. The molecule has 0 saturated heterocycles. The highest BCUT2D eigenvalue weighted by molar-refractivity contribution is 6.17. The highest BCUT2D eigenvalue weighted by Crippen LogP contribution is 2.07. The minimum Gasteiger partial charge on any atom is -0.462 e. The van der Waals surface area contributed by atoms with Crippen LogP contribution in [-0.4, -0.2) is 12.6 Å². The van der Waals surface area contributed by atoms with Crippen molar-refractivity contribution in [2.24, 2.45) is 0 Å². The second-order valence-electron chi connectivity index (χ2n) is 2.47. The lowest BCUT2D eigenvalue weighted by Crippen LogP contribution is -2.04. The molecule has 0 aromatic heterocycles. The molecule has 2 nitrogen and oxygen atoms in total. The zero-order valence-electron chi connectivity index (χ0n) is 7.13. The molecule has 0 aliphatic rings. The summed E-state index contributed by atoms with van der Waals surface area (Å²) in [6.45, 7) is 3.57. The molecule has 0 fully saturated rings. The highest BCUT2D eigenvalue weighted by Gasteiger charge is 2.04. The summed E-state index contributed by atoms with van der Waals surface area (Å²) in [5.74, 6) is 0.0983. The van der Waals surface area contributed by atoms with Crippen LogP contribution in [0.4, 0.5) is 0 Å². The van der Waals surface area contributed by atoms with Gasteiger partial charge < -0.3 is 4.74 Å². The number of alkyl halides is 1. The standard InChI is InChI=1S/C10H10ClO2/c1-2-13-10(12)9-5-3-8(7-11)4-6-9/h3-6H,1-2,7H2. The van der Waals surface area contributed by atoms with Crippen LogP contribution in [0, 0.1) is 6.92 Å². The van der Waals surface area contributed by atoms with Crippen molar-refractivity contribution in [3.8, 4) is 0 Å². The van der Waals surface area contributed by atoms with Crippen molar-refractivity contribution in [3.63, 3.8) is 0 Å². The van der Waals surface area contributed by atoms with Crippen LogP contribution in [0.2, 0.25) is 0 Å². The Labute approximate surface area is 82.5 Å². The molecule has 0 spiro atoms. The monoisotopic (exact) mass is 197 g/mol. The van der Waals surface area contributed by atoms with Gasteiger partial charge in [-0.3, -0.25) is 0 Å². The summed E-state index contributed by atoms with van der Waals surface area (Å²) in [5, 5.41) is 0. The molecule has 0 aliphatic carbocycles. The molecular weight excluding hydrogens is 188 g/mol. The molecule has 1 aromatic carbocycles. The number of ether oxygens (including phenoxy) is 1. The van der Waals surface area contributed by atoms with Gasteiger partial charge in [-0.15, -0.1) is 11.6 Å². The molecule has 0 unspecified atom stereocenters. The number of hydrogen-bond acceptors (Lipinski definition) is 2. The van der Waals surface area contributed by atoms with Crippen LogP contribution in [0.25, 0.3) is 0 Å². The number of carbonyl (C=O) groups excluding carboxylic acids is 1. The lowest BCUT2D eigenvalue weighted by molar-refractivity contribution is 0.0547. The summed E-state index contributed by atoms with van der Waals surface area (Å²) in [6.07, 6.45) is 0. The van der Waals surface area contributed by atoms with Gasteiger partial charge in [0.25, 0.3) is 0 Å². The SMILES string of the molecule is [CH2]COC(=O)c1ccc(CCl)cc1. The van der Waals surface area contributed by atoms with Gasteiger partial charge in [-0.1, -0.05) is 12.1 Å². The summed E-state index contributed by atoms with van der Waals surface area (Å²) in [6, 6.07) is 6.98. The third-order valence-corrected chi connectivity index (χ3v) is 1.89. The maximum Gasteiger partial charge on any atom is 0.338 e. The predicted molar refractivity (Wildman–Crippen MR) is 51.6 cm³/mol. The normalized spacial score (nSPS) is 9.69. The van der Waals surface area contributed by atoms with E-state index in [0.717, 1.165) is 5.56 Å². The first-order valence-electron chi connectivity index (χ1n) is 3.89. The van der Waals surface area contributed by atoms with Crippen LogP contribution >= 0.6 is 11.6 Å². The van der Waals surface area contributed by atoms with Crippen LogP contribution < -0.4 is 0 Å². The molecule has 1 rings (SSSR count). The quantitative estimate of drug-likeness (QED) is 0.550. The van der Waals surface area contributed by atoms with Gasteiger partial charge in [-0.2, -0.15) is 0 Å². The van der Waals surface area contributed by atoms with Crippen LogP contribution in [0.3, 0.4) is 0 Å². The average molecular weight is 198 g/mol. The van der Waals surface area contributed by atoms with E-state index in [1.54, 1.807) is 24.3 Å². The molecular formula is C10H10ClO2. The minimum absolute atomic E-state index is 0.149. The molecule has 1 radical (unpaired) electrons. The lowest BCUT2D eigenvalue weighted by Gasteiger charge is -2.01. The van der Waals surface area contributed by atoms with Gasteiger partial charge in [-0.05, 0) is 24.6 Å². The predicted octanol–water partition coefficient (Wildman–Crippen LogP) is 2.42. The summed E-state index contributed by atoms with van der Waals surface area (Å²) in [5.41, 5.74) is 1.50. The van der Waals surface area contributed by atoms with Crippen molar-refractivity contribution in [2.45, 2.75) is 5.88 Å². The summed E-state index contributed by atoms with van der Waals surface area (Å²) in [4.78, 5) is 11.1. The van der Waals surface area contributed by atoms with E-state index in [-0.39, 0.29) is 12.6 Å². The van der Waals surface area contributed by atoms with Crippen molar-refractivity contribution in [1.29, 1.82) is 0 Å². The van der Waals surface area contributed by atoms with Gasteiger partial charge in [0, 0.05) is 5.88 Å². The minimum atomic E-state index is -0.351. The Hall–Kier alpha value is -1.02. The van der Waals surface area contributed by atoms with E-state index in [1.807, 2.05) is 0 Å². The number of esters is 1. The number of carbonyl (C=O) groups is 1. The van der Waals surface area contributed by atoms with Gasteiger partial charge in [0.15, 0.2) is 0 Å². The van der Waals surface area contributed by atoms with Crippen LogP contribution in [0.1, 0.15) is 15.9 Å². The maximum atomic E-state index is 11.1. The molecule has 13 heavy (non-hydrogen) atoms. The number of halogens is 1. The van der Waals surface area contributed by atoms with Gasteiger partial charge in [-0.25, -0.2) is 4.79 Å². The molecule has 0 amide bonds. The van der Waals surface area contributed by atoms with Crippen LogP contribution in [-0.2, 0) is 10.6 Å². The average Bonchev–Trinajstić information content (AvgIpc) is 2.18. The largest absolute Gasteiger partial charge is 0.462 e. The Kier molecular flexibility index (Phi) is 3.77. The van der Waals surface area contributed by atoms with E-state index in [0.29, 0.717) is 11.4 Å². The van der Waals surface area contributed by atoms with Crippen molar-refractivity contribution in [3.05, 3.63) is 42.3 Å².